The molecule has 0 atom stereocenters. The minimum atomic E-state index is -0.826. The zero-order chi connectivity index (χ0) is 22.9. The first kappa shape index (κ1) is 23.6. The summed E-state index contributed by atoms with van der Waals surface area (Å²) in [5.41, 5.74) is 4.45. The molecule has 0 aliphatic rings. The third kappa shape index (κ3) is 6.27. The number of rotatable bonds is 2. The molecule has 33 heavy (non-hydrogen) atoms. The molecule has 4 aromatic carbocycles. The molecule has 0 radical (unpaired) electrons. The second-order valence-corrected chi connectivity index (χ2v) is 11.0. The van der Waals surface area contributed by atoms with Gasteiger partial charge in [-0.15, -0.1) is 69.1 Å². The summed E-state index contributed by atoms with van der Waals surface area (Å²) in [6, 6.07) is 37.4. The van der Waals surface area contributed by atoms with Crippen LogP contribution in [0.1, 0.15) is 0 Å². The summed E-state index contributed by atoms with van der Waals surface area (Å²) < 4.78 is 0. The maximum absolute atomic E-state index is 4.93. The van der Waals surface area contributed by atoms with Crippen LogP contribution in [0.2, 0.25) is 0 Å². The molecular weight excluding hydrogens is 526 g/mol. The van der Waals surface area contributed by atoms with Gasteiger partial charge in [0.2, 0.25) is 0 Å². The first-order valence-electron chi connectivity index (χ1n) is 10.4. The Balaban J connectivity index is 0.000000141. The molecule has 0 amide bonds. The van der Waals surface area contributed by atoms with E-state index in [-0.39, 0.29) is 0 Å². The molecule has 0 saturated carbocycles. The largest absolute Gasteiger partial charge is 0.295 e. The van der Waals surface area contributed by atoms with Crippen LogP contribution in [0.5, 0.6) is 0 Å². The Hall–Kier alpha value is -2.58. The van der Waals surface area contributed by atoms with Crippen molar-refractivity contribution in [2.45, 2.75) is 0 Å². The van der Waals surface area contributed by atoms with Crippen molar-refractivity contribution in [3.63, 3.8) is 0 Å². The molecule has 6 aromatic rings. The maximum Gasteiger partial charge on any atom is 0.0183 e. The van der Waals surface area contributed by atoms with Gasteiger partial charge in [0, 0.05) is 23.8 Å². The summed E-state index contributed by atoms with van der Waals surface area (Å²) in [6.07, 6.45) is 3.65. The van der Waals surface area contributed by atoms with Crippen molar-refractivity contribution in [3.05, 3.63) is 122 Å². The molecule has 0 aliphatic heterocycles. The quantitative estimate of drug-likeness (QED) is 0.203. The number of fused-ring (bicyclic) bond motifs is 2. The van der Waals surface area contributed by atoms with E-state index in [0.717, 1.165) is 11.4 Å². The SMILES string of the molecule is [Cl][Zr+2][Cl].c1ccc(-c2cc3ccccc3[cH-]2)nc1.c1ccc(-c2cc3ccccc3[cH-]2)nc1. The third-order valence-electron chi connectivity index (χ3n) is 5.16. The first-order chi connectivity index (χ1) is 16.3. The van der Waals surface area contributed by atoms with Gasteiger partial charge in [-0.3, -0.25) is 9.97 Å². The van der Waals surface area contributed by atoms with E-state index in [1.807, 2.05) is 48.8 Å². The molecule has 0 saturated heterocycles. The molecule has 0 N–H and O–H groups in total. The van der Waals surface area contributed by atoms with E-state index in [1.165, 1.54) is 32.7 Å². The third-order valence-corrected chi connectivity index (χ3v) is 5.16. The van der Waals surface area contributed by atoms with Crippen LogP contribution in [0.15, 0.2) is 122 Å². The number of nitrogens with zero attached hydrogens (tertiary/aromatic N) is 2. The van der Waals surface area contributed by atoms with Crippen molar-refractivity contribution in [1.82, 2.24) is 9.97 Å². The summed E-state index contributed by atoms with van der Waals surface area (Å²) in [4.78, 5) is 8.69. The number of benzene rings is 2. The van der Waals surface area contributed by atoms with Gasteiger partial charge in [-0.1, -0.05) is 60.7 Å². The number of aromatic nitrogens is 2. The minimum absolute atomic E-state index is 0.826. The van der Waals surface area contributed by atoms with Gasteiger partial charge in [0.25, 0.3) is 0 Å². The average Bonchev–Trinajstić information content (AvgIpc) is 3.51. The molecule has 160 valence electrons. The Labute approximate surface area is 212 Å². The summed E-state index contributed by atoms with van der Waals surface area (Å²) in [7, 11) is 9.87. The van der Waals surface area contributed by atoms with Crippen LogP contribution in [0, 0.1) is 0 Å². The monoisotopic (exact) mass is 544 g/mol. The summed E-state index contributed by atoms with van der Waals surface area (Å²) >= 11 is -0.826. The van der Waals surface area contributed by atoms with E-state index in [9.17, 15) is 0 Å². The fourth-order valence-corrected chi connectivity index (χ4v) is 3.66. The topological polar surface area (TPSA) is 25.8 Å². The van der Waals surface area contributed by atoms with Gasteiger partial charge in [0.15, 0.2) is 0 Å². The Morgan fingerprint density at radius 3 is 1.30 bits per heavy atom. The van der Waals surface area contributed by atoms with Crippen LogP contribution in [-0.4, -0.2) is 9.97 Å². The molecule has 0 bridgehead atoms. The predicted octanol–water partition coefficient (Wildman–Crippen LogP) is 8.62. The van der Waals surface area contributed by atoms with Gasteiger partial charge in [-0.2, -0.15) is 0 Å². The van der Waals surface area contributed by atoms with Crippen molar-refractivity contribution >= 4 is 38.6 Å². The molecule has 0 unspecified atom stereocenters. The van der Waals surface area contributed by atoms with Crippen molar-refractivity contribution < 1.29 is 20.8 Å². The first-order valence-corrected chi connectivity index (χ1v) is 16.7. The van der Waals surface area contributed by atoms with Crippen molar-refractivity contribution in [1.29, 1.82) is 0 Å². The molecule has 2 nitrogen and oxygen atoms in total. The van der Waals surface area contributed by atoms with Gasteiger partial charge >= 0.3 is 37.9 Å². The van der Waals surface area contributed by atoms with Crippen LogP contribution in [0.4, 0.5) is 0 Å². The van der Waals surface area contributed by atoms with Crippen molar-refractivity contribution in [2.24, 2.45) is 0 Å². The van der Waals surface area contributed by atoms with Crippen molar-refractivity contribution in [2.75, 3.05) is 0 Å². The fourth-order valence-electron chi connectivity index (χ4n) is 3.66. The molecule has 0 spiro atoms. The van der Waals surface area contributed by atoms with Gasteiger partial charge in [-0.05, 0) is 12.1 Å². The number of pyridine rings is 2. The van der Waals surface area contributed by atoms with Gasteiger partial charge in [0.05, 0.1) is 0 Å². The molecule has 0 aliphatic carbocycles. The van der Waals surface area contributed by atoms with E-state index >= 15 is 0 Å². The zero-order valence-corrected chi connectivity index (χ0v) is 21.7. The second-order valence-electron chi connectivity index (χ2n) is 7.25. The zero-order valence-electron chi connectivity index (χ0n) is 17.7. The van der Waals surface area contributed by atoms with Crippen LogP contribution in [0.25, 0.3) is 44.1 Å². The molecule has 2 aromatic heterocycles. The van der Waals surface area contributed by atoms with E-state index in [1.54, 1.807) is 0 Å². The number of halogens is 2. The summed E-state index contributed by atoms with van der Waals surface area (Å²) in [6.45, 7) is 0. The Morgan fingerprint density at radius 1 is 0.545 bits per heavy atom. The summed E-state index contributed by atoms with van der Waals surface area (Å²) in [5.74, 6) is 0. The summed E-state index contributed by atoms with van der Waals surface area (Å²) in [5, 5.41) is 5.10. The minimum Gasteiger partial charge on any atom is -0.295 e. The Kier molecular flexibility index (Phi) is 8.61. The van der Waals surface area contributed by atoms with Crippen molar-refractivity contribution in [3.8, 4) is 22.5 Å². The van der Waals surface area contributed by atoms with Gasteiger partial charge < -0.3 is 0 Å². The van der Waals surface area contributed by atoms with Crippen LogP contribution >= 0.6 is 17.0 Å². The van der Waals surface area contributed by atoms with Gasteiger partial charge in [-0.25, -0.2) is 0 Å². The average molecular weight is 547 g/mol. The van der Waals surface area contributed by atoms with Crippen LogP contribution in [-0.2, 0) is 20.8 Å². The van der Waals surface area contributed by atoms with E-state index in [4.69, 9.17) is 17.0 Å². The Morgan fingerprint density at radius 2 is 0.939 bits per heavy atom. The standard InChI is InChI=1S/2C14H10N.2ClH.Zr/c2*1-2-6-12-10-13(9-11(12)5-1)14-7-3-4-8-15-14;;;/h2*1-10H;2*1H;/q2*-1;;;+4/p-2. The maximum atomic E-state index is 4.93. The van der Waals surface area contributed by atoms with E-state index < -0.39 is 20.8 Å². The predicted molar refractivity (Wildman–Crippen MR) is 137 cm³/mol. The Bertz CT molecular complexity index is 1230. The molecule has 0 fully saturated rings. The normalized spacial score (nSPS) is 10.0. The molecular formula is C28H20Cl2N2Zr. The fraction of sp³-hybridized carbons (Fsp3) is 0. The smallest absolute Gasteiger partial charge is 0.0183 e. The molecule has 2 heterocycles. The molecule has 5 heteroatoms. The number of hydrogen-bond donors (Lipinski definition) is 0. The van der Waals surface area contributed by atoms with E-state index in [0.29, 0.717) is 0 Å². The second kappa shape index (κ2) is 12.0. The van der Waals surface area contributed by atoms with Crippen LogP contribution < -0.4 is 0 Å². The van der Waals surface area contributed by atoms with E-state index in [2.05, 4.69) is 82.8 Å². The van der Waals surface area contributed by atoms with Crippen LogP contribution in [0.3, 0.4) is 0 Å². The van der Waals surface area contributed by atoms with Gasteiger partial charge in [0.1, 0.15) is 0 Å². The number of hydrogen-bond acceptors (Lipinski definition) is 2. The molecule has 6 rings (SSSR count).